The standard InChI is InChI=1S/C16H20N2O4S/c1-3-22-15-9-4-12(10-16(15)21-2)11-18-23(19,20)14-7-5-13(17)6-8-14/h4-10,18H,3,11,17H2,1-2H3. The van der Waals surface area contributed by atoms with Crippen LogP contribution in [0.4, 0.5) is 5.69 Å². The lowest BCUT2D eigenvalue weighted by molar-refractivity contribution is 0.310. The summed E-state index contributed by atoms with van der Waals surface area (Å²) >= 11 is 0. The molecule has 0 amide bonds. The number of anilines is 1. The Kier molecular flexibility index (Phi) is 5.46. The van der Waals surface area contributed by atoms with E-state index in [0.717, 1.165) is 5.56 Å². The summed E-state index contributed by atoms with van der Waals surface area (Å²) in [5.41, 5.74) is 6.85. The van der Waals surface area contributed by atoms with Gasteiger partial charge in [-0.25, -0.2) is 13.1 Å². The van der Waals surface area contributed by atoms with Gasteiger partial charge in [-0.2, -0.15) is 0 Å². The lowest BCUT2D eigenvalue weighted by Gasteiger charge is -2.12. The van der Waals surface area contributed by atoms with E-state index in [2.05, 4.69) is 4.72 Å². The van der Waals surface area contributed by atoms with Crippen molar-refractivity contribution in [3.05, 3.63) is 48.0 Å². The van der Waals surface area contributed by atoms with E-state index in [4.69, 9.17) is 15.2 Å². The van der Waals surface area contributed by atoms with Crippen LogP contribution >= 0.6 is 0 Å². The molecule has 2 aromatic carbocycles. The molecule has 0 aliphatic carbocycles. The number of nitrogens with one attached hydrogen (secondary N) is 1. The van der Waals surface area contributed by atoms with E-state index in [9.17, 15) is 8.42 Å². The van der Waals surface area contributed by atoms with Gasteiger partial charge < -0.3 is 15.2 Å². The minimum Gasteiger partial charge on any atom is -0.493 e. The molecule has 0 unspecified atom stereocenters. The predicted molar refractivity (Wildman–Crippen MR) is 89.0 cm³/mol. The van der Waals surface area contributed by atoms with Gasteiger partial charge in [0.25, 0.3) is 0 Å². The van der Waals surface area contributed by atoms with Crippen LogP contribution in [-0.2, 0) is 16.6 Å². The van der Waals surface area contributed by atoms with E-state index in [0.29, 0.717) is 23.8 Å². The van der Waals surface area contributed by atoms with E-state index in [1.54, 1.807) is 37.4 Å². The van der Waals surface area contributed by atoms with Gasteiger partial charge in [-0.3, -0.25) is 0 Å². The van der Waals surface area contributed by atoms with Gasteiger partial charge in [0.05, 0.1) is 18.6 Å². The van der Waals surface area contributed by atoms with E-state index >= 15 is 0 Å². The molecule has 0 spiro atoms. The second-order valence-electron chi connectivity index (χ2n) is 4.81. The summed E-state index contributed by atoms with van der Waals surface area (Å²) in [4.78, 5) is 0.171. The lowest BCUT2D eigenvalue weighted by Crippen LogP contribution is -2.23. The van der Waals surface area contributed by atoms with Gasteiger partial charge in [0, 0.05) is 12.2 Å². The van der Waals surface area contributed by atoms with E-state index in [1.165, 1.54) is 12.1 Å². The third-order valence-corrected chi connectivity index (χ3v) is 4.60. The minimum atomic E-state index is -3.59. The van der Waals surface area contributed by atoms with Crippen molar-refractivity contribution in [2.45, 2.75) is 18.4 Å². The van der Waals surface area contributed by atoms with Crippen molar-refractivity contribution in [2.75, 3.05) is 19.5 Å². The molecule has 0 aromatic heterocycles. The Balaban J connectivity index is 2.12. The Labute approximate surface area is 136 Å². The van der Waals surface area contributed by atoms with Crippen LogP contribution in [0.15, 0.2) is 47.4 Å². The molecule has 0 aliphatic heterocycles. The number of hydrogen-bond donors (Lipinski definition) is 2. The fourth-order valence-corrected chi connectivity index (χ4v) is 3.02. The van der Waals surface area contributed by atoms with Gasteiger partial charge in [-0.05, 0) is 48.9 Å². The van der Waals surface area contributed by atoms with Gasteiger partial charge in [0.15, 0.2) is 11.5 Å². The van der Waals surface area contributed by atoms with Crippen molar-refractivity contribution < 1.29 is 17.9 Å². The highest BCUT2D eigenvalue weighted by atomic mass is 32.2. The monoisotopic (exact) mass is 336 g/mol. The van der Waals surface area contributed by atoms with Crippen LogP contribution in [0, 0.1) is 0 Å². The van der Waals surface area contributed by atoms with Crippen molar-refractivity contribution in [2.24, 2.45) is 0 Å². The van der Waals surface area contributed by atoms with Crippen molar-refractivity contribution >= 4 is 15.7 Å². The SMILES string of the molecule is CCOc1ccc(CNS(=O)(=O)c2ccc(N)cc2)cc1OC. The zero-order valence-electron chi connectivity index (χ0n) is 13.1. The van der Waals surface area contributed by atoms with Crippen LogP contribution in [0.3, 0.4) is 0 Å². The third kappa shape index (κ3) is 4.37. The highest BCUT2D eigenvalue weighted by molar-refractivity contribution is 7.89. The molecule has 0 saturated carbocycles. The first-order valence-electron chi connectivity index (χ1n) is 7.11. The molecule has 7 heteroatoms. The summed E-state index contributed by atoms with van der Waals surface area (Å²) < 4.78 is 37.7. The molecule has 3 N–H and O–H groups in total. The molecule has 0 bridgehead atoms. The van der Waals surface area contributed by atoms with Crippen molar-refractivity contribution in [1.82, 2.24) is 4.72 Å². The van der Waals surface area contributed by atoms with Gasteiger partial charge in [-0.1, -0.05) is 6.07 Å². The maximum absolute atomic E-state index is 12.2. The van der Waals surface area contributed by atoms with E-state index in [1.807, 2.05) is 6.92 Å². The molecule has 0 aliphatic rings. The highest BCUT2D eigenvalue weighted by Gasteiger charge is 2.14. The van der Waals surface area contributed by atoms with Crippen LogP contribution in [0.25, 0.3) is 0 Å². The fourth-order valence-electron chi connectivity index (χ4n) is 2.01. The van der Waals surface area contributed by atoms with Crippen LogP contribution < -0.4 is 19.9 Å². The molecule has 0 heterocycles. The summed E-state index contributed by atoms with van der Waals surface area (Å²) in [5, 5.41) is 0. The first kappa shape index (κ1) is 17.1. The summed E-state index contributed by atoms with van der Waals surface area (Å²) in [6.45, 7) is 2.56. The summed E-state index contributed by atoms with van der Waals surface area (Å²) in [6, 6.07) is 11.3. The molecular weight excluding hydrogens is 316 g/mol. The Hall–Kier alpha value is -2.25. The molecular formula is C16H20N2O4S. The maximum Gasteiger partial charge on any atom is 0.240 e. The van der Waals surface area contributed by atoms with Gasteiger partial charge in [-0.15, -0.1) is 0 Å². The molecule has 2 rings (SSSR count). The molecule has 2 aromatic rings. The number of sulfonamides is 1. The molecule has 23 heavy (non-hydrogen) atoms. The first-order chi connectivity index (χ1) is 11.0. The number of benzene rings is 2. The number of hydrogen-bond acceptors (Lipinski definition) is 5. The van der Waals surface area contributed by atoms with Crippen molar-refractivity contribution in [1.29, 1.82) is 0 Å². The number of ether oxygens (including phenoxy) is 2. The van der Waals surface area contributed by atoms with Gasteiger partial charge in [0.2, 0.25) is 10.0 Å². The normalized spacial score (nSPS) is 11.2. The number of methoxy groups -OCH3 is 1. The maximum atomic E-state index is 12.2. The second-order valence-corrected chi connectivity index (χ2v) is 6.58. The summed E-state index contributed by atoms with van der Waals surface area (Å²) in [6.07, 6.45) is 0. The number of nitrogen functional groups attached to an aromatic ring is 1. The average molecular weight is 336 g/mol. The molecule has 124 valence electrons. The first-order valence-corrected chi connectivity index (χ1v) is 8.59. The van der Waals surface area contributed by atoms with E-state index < -0.39 is 10.0 Å². The van der Waals surface area contributed by atoms with Crippen LogP contribution in [-0.4, -0.2) is 22.1 Å². The fraction of sp³-hybridized carbons (Fsp3) is 0.250. The topological polar surface area (TPSA) is 90.7 Å². The van der Waals surface area contributed by atoms with E-state index in [-0.39, 0.29) is 11.4 Å². The van der Waals surface area contributed by atoms with Crippen LogP contribution in [0.1, 0.15) is 12.5 Å². The third-order valence-electron chi connectivity index (χ3n) is 3.18. The zero-order chi connectivity index (χ0) is 16.9. The smallest absolute Gasteiger partial charge is 0.240 e. The van der Waals surface area contributed by atoms with Gasteiger partial charge >= 0.3 is 0 Å². The van der Waals surface area contributed by atoms with Gasteiger partial charge in [0.1, 0.15) is 0 Å². The second kappa shape index (κ2) is 7.34. The van der Waals surface area contributed by atoms with Crippen molar-refractivity contribution in [3.63, 3.8) is 0 Å². The molecule has 0 saturated heterocycles. The zero-order valence-corrected chi connectivity index (χ0v) is 13.9. The van der Waals surface area contributed by atoms with Crippen molar-refractivity contribution in [3.8, 4) is 11.5 Å². The summed E-state index contributed by atoms with van der Waals surface area (Å²) in [5.74, 6) is 1.19. The Morgan fingerprint density at radius 3 is 2.39 bits per heavy atom. The quantitative estimate of drug-likeness (QED) is 0.756. The lowest BCUT2D eigenvalue weighted by atomic mass is 10.2. The minimum absolute atomic E-state index is 0.148. The highest BCUT2D eigenvalue weighted by Crippen LogP contribution is 2.28. The number of rotatable bonds is 7. The molecule has 0 atom stereocenters. The molecule has 0 fully saturated rings. The molecule has 6 nitrogen and oxygen atoms in total. The predicted octanol–water partition coefficient (Wildman–Crippen LogP) is 2.15. The van der Waals surface area contributed by atoms with Crippen LogP contribution in [0.5, 0.6) is 11.5 Å². The average Bonchev–Trinajstić information content (AvgIpc) is 2.54. The van der Waals surface area contributed by atoms with Crippen LogP contribution in [0.2, 0.25) is 0 Å². The largest absolute Gasteiger partial charge is 0.493 e. The number of nitrogens with two attached hydrogens (primary N) is 1. The Morgan fingerprint density at radius 1 is 1.09 bits per heavy atom. The Bertz CT molecular complexity index is 758. The molecule has 0 radical (unpaired) electrons. The Morgan fingerprint density at radius 2 is 1.78 bits per heavy atom. The summed E-state index contributed by atoms with van der Waals surface area (Å²) in [7, 11) is -2.05.